The number of imide groups is 1. The van der Waals surface area contributed by atoms with Crippen molar-refractivity contribution in [3.8, 4) is 0 Å². The van der Waals surface area contributed by atoms with E-state index in [1.807, 2.05) is 5.32 Å². The number of ether oxygens (including phenoxy) is 1. The molecule has 2 rings (SSSR count). The van der Waals surface area contributed by atoms with Crippen LogP contribution >= 0.6 is 7.82 Å². The molecule has 2 saturated heterocycles. The van der Waals surface area contributed by atoms with Gasteiger partial charge < -0.3 is 24.7 Å². The molecule has 5 N–H and O–H groups in total. The SMILES string of the molecule is O=C1CCN([C@@H]2O[C@H](CO)[C@@H](OP(=O)(O)O)[C@H]2O)C(=O)N1. The van der Waals surface area contributed by atoms with Gasteiger partial charge in [-0.15, -0.1) is 0 Å². The first-order valence-corrected chi connectivity index (χ1v) is 7.55. The molecular weight excluding hydrogens is 311 g/mol. The van der Waals surface area contributed by atoms with Gasteiger partial charge in [0.1, 0.15) is 18.3 Å². The number of phosphoric ester groups is 1. The molecule has 2 fully saturated rings. The van der Waals surface area contributed by atoms with Crippen LogP contribution < -0.4 is 5.32 Å². The molecule has 11 nitrogen and oxygen atoms in total. The third-order valence-electron chi connectivity index (χ3n) is 3.14. The van der Waals surface area contributed by atoms with Crippen molar-refractivity contribution in [1.29, 1.82) is 0 Å². The van der Waals surface area contributed by atoms with Crippen molar-refractivity contribution in [3.63, 3.8) is 0 Å². The van der Waals surface area contributed by atoms with Gasteiger partial charge in [-0.3, -0.25) is 19.5 Å². The minimum Gasteiger partial charge on any atom is -0.394 e. The Balaban J connectivity index is 2.13. The van der Waals surface area contributed by atoms with Gasteiger partial charge in [-0.05, 0) is 0 Å². The fourth-order valence-electron chi connectivity index (χ4n) is 2.23. The molecule has 2 aliphatic rings. The first-order valence-electron chi connectivity index (χ1n) is 6.01. The molecule has 0 aromatic rings. The lowest BCUT2D eigenvalue weighted by atomic mass is 10.1. The molecule has 2 aliphatic heterocycles. The summed E-state index contributed by atoms with van der Waals surface area (Å²) in [5.41, 5.74) is 0. The van der Waals surface area contributed by atoms with Crippen molar-refractivity contribution >= 4 is 19.8 Å². The van der Waals surface area contributed by atoms with Gasteiger partial charge in [0.25, 0.3) is 0 Å². The second kappa shape index (κ2) is 5.97. The summed E-state index contributed by atoms with van der Waals surface area (Å²) in [6.45, 7) is -0.709. The lowest BCUT2D eigenvalue weighted by molar-refractivity contribution is -0.125. The van der Waals surface area contributed by atoms with Crippen LogP contribution in [-0.4, -0.2) is 74.5 Å². The van der Waals surface area contributed by atoms with E-state index in [-0.39, 0.29) is 13.0 Å². The maximum Gasteiger partial charge on any atom is 0.470 e. The lowest BCUT2D eigenvalue weighted by Crippen LogP contribution is -2.56. The van der Waals surface area contributed by atoms with Gasteiger partial charge in [-0.2, -0.15) is 0 Å². The highest BCUT2D eigenvalue weighted by Crippen LogP contribution is 2.42. The van der Waals surface area contributed by atoms with Crippen molar-refractivity contribution in [2.24, 2.45) is 0 Å². The Kier molecular flexibility index (Phi) is 4.63. The van der Waals surface area contributed by atoms with Gasteiger partial charge in [0, 0.05) is 13.0 Å². The fraction of sp³-hybridized carbons (Fsp3) is 0.778. The summed E-state index contributed by atoms with van der Waals surface area (Å²) in [5.74, 6) is -0.481. The molecule has 2 heterocycles. The van der Waals surface area contributed by atoms with Gasteiger partial charge in [-0.25, -0.2) is 9.36 Å². The van der Waals surface area contributed by atoms with Gasteiger partial charge in [-0.1, -0.05) is 0 Å². The molecular formula is C9H15N2O9P. The van der Waals surface area contributed by atoms with E-state index in [4.69, 9.17) is 19.6 Å². The number of rotatable bonds is 4. The molecule has 0 radical (unpaired) electrons. The topological polar surface area (TPSA) is 166 Å². The Morgan fingerprint density at radius 2 is 2.10 bits per heavy atom. The average Bonchev–Trinajstić information content (AvgIpc) is 2.65. The van der Waals surface area contributed by atoms with Crippen LogP contribution in [0.3, 0.4) is 0 Å². The van der Waals surface area contributed by atoms with E-state index < -0.39 is 50.9 Å². The van der Waals surface area contributed by atoms with Gasteiger partial charge in [0.05, 0.1) is 6.61 Å². The lowest BCUT2D eigenvalue weighted by Gasteiger charge is -2.32. The fourth-order valence-corrected chi connectivity index (χ4v) is 2.81. The molecule has 3 amide bonds. The van der Waals surface area contributed by atoms with Crippen molar-refractivity contribution < 1.29 is 43.4 Å². The summed E-state index contributed by atoms with van der Waals surface area (Å²) in [6.07, 6.45) is -5.61. The Bertz CT molecular complexity index is 480. The number of phosphoric acid groups is 1. The normalized spacial score (nSPS) is 34.2. The van der Waals surface area contributed by atoms with Crippen LogP contribution in [0, 0.1) is 0 Å². The predicted molar refractivity (Wildman–Crippen MR) is 63.5 cm³/mol. The third kappa shape index (κ3) is 3.58. The predicted octanol–water partition coefficient (Wildman–Crippen LogP) is -2.52. The summed E-state index contributed by atoms with van der Waals surface area (Å²) < 4.78 is 20.5. The monoisotopic (exact) mass is 326 g/mol. The number of carbonyl (C=O) groups excluding carboxylic acids is 2. The number of hydrogen-bond donors (Lipinski definition) is 5. The quantitative estimate of drug-likeness (QED) is 0.350. The third-order valence-corrected chi connectivity index (χ3v) is 3.66. The maximum atomic E-state index is 11.7. The number of nitrogens with zero attached hydrogens (tertiary/aromatic N) is 1. The van der Waals surface area contributed by atoms with Crippen molar-refractivity contribution in [2.75, 3.05) is 13.2 Å². The molecule has 4 atom stereocenters. The zero-order valence-electron chi connectivity index (χ0n) is 10.7. The number of aliphatic hydroxyl groups excluding tert-OH is 2. The van der Waals surface area contributed by atoms with Gasteiger partial charge >= 0.3 is 13.9 Å². The minimum atomic E-state index is -4.92. The van der Waals surface area contributed by atoms with E-state index in [1.54, 1.807) is 0 Å². The average molecular weight is 326 g/mol. The van der Waals surface area contributed by atoms with Crippen molar-refractivity contribution in [2.45, 2.75) is 31.0 Å². The Hall–Kier alpha value is -1.07. The van der Waals surface area contributed by atoms with E-state index in [9.17, 15) is 19.3 Å². The van der Waals surface area contributed by atoms with E-state index in [1.165, 1.54) is 0 Å². The van der Waals surface area contributed by atoms with Crippen molar-refractivity contribution in [3.05, 3.63) is 0 Å². The van der Waals surface area contributed by atoms with E-state index in [2.05, 4.69) is 4.52 Å². The number of hydrogen-bond acceptors (Lipinski definition) is 7. The minimum absolute atomic E-state index is 0.00781. The molecule has 0 bridgehead atoms. The summed E-state index contributed by atoms with van der Waals surface area (Å²) >= 11 is 0. The summed E-state index contributed by atoms with van der Waals surface area (Å²) in [6, 6.07) is -0.802. The largest absolute Gasteiger partial charge is 0.470 e. The summed E-state index contributed by atoms with van der Waals surface area (Å²) in [4.78, 5) is 41.3. The molecule has 0 saturated carbocycles. The smallest absolute Gasteiger partial charge is 0.394 e. The first kappa shape index (κ1) is 16.3. The van der Waals surface area contributed by atoms with E-state index in [0.717, 1.165) is 4.90 Å². The molecule has 120 valence electrons. The molecule has 12 heteroatoms. The molecule has 21 heavy (non-hydrogen) atoms. The molecule has 0 aromatic carbocycles. The highest BCUT2D eigenvalue weighted by atomic mass is 31.2. The number of nitrogens with one attached hydrogen (secondary N) is 1. The van der Waals surface area contributed by atoms with Crippen LogP contribution in [0.5, 0.6) is 0 Å². The highest BCUT2D eigenvalue weighted by Gasteiger charge is 2.51. The molecule has 0 unspecified atom stereocenters. The van der Waals surface area contributed by atoms with E-state index >= 15 is 0 Å². The number of urea groups is 1. The number of amides is 3. The zero-order chi connectivity index (χ0) is 15.8. The van der Waals surface area contributed by atoms with Gasteiger partial charge in [0.15, 0.2) is 6.23 Å². The maximum absolute atomic E-state index is 11.7. The molecule has 0 spiro atoms. The zero-order valence-corrected chi connectivity index (χ0v) is 11.5. The van der Waals surface area contributed by atoms with Gasteiger partial charge in [0.2, 0.25) is 5.91 Å². The number of aliphatic hydroxyl groups is 2. The Labute approximate surface area is 118 Å². The summed E-state index contributed by atoms with van der Waals surface area (Å²) in [7, 11) is -4.92. The van der Waals surface area contributed by atoms with Crippen LogP contribution in [0.15, 0.2) is 0 Å². The van der Waals surface area contributed by atoms with Crippen LogP contribution in [0.1, 0.15) is 6.42 Å². The molecule has 0 aliphatic carbocycles. The van der Waals surface area contributed by atoms with Crippen LogP contribution in [0.2, 0.25) is 0 Å². The highest BCUT2D eigenvalue weighted by molar-refractivity contribution is 7.46. The number of carbonyl (C=O) groups is 2. The van der Waals surface area contributed by atoms with Crippen LogP contribution in [-0.2, 0) is 18.6 Å². The van der Waals surface area contributed by atoms with E-state index in [0.29, 0.717) is 0 Å². The second-order valence-electron chi connectivity index (χ2n) is 4.60. The van der Waals surface area contributed by atoms with Crippen molar-refractivity contribution in [1.82, 2.24) is 10.2 Å². The van der Waals surface area contributed by atoms with Crippen LogP contribution in [0.25, 0.3) is 0 Å². The molecule has 0 aromatic heterocycles. The summed E-state index contributed by atoms with van der Waals surface area (Å²) in [5, 5.41) is 21.2. The first-order chi connectivity index (χ1) is 9.73. The standard InChI is InChI=1S/C9H15N2O9P/c12-3-4-7(20-21(16,17)18)6(14)8(19-4)11-2-1-5(13)10-9(11)15/h4,6-8,12,14H,1-3H2,(H,10,13,15)(H2,16,17,18)/t4-,6-,7-,8-/m1/s1. The second-order valence-corrected chi connectivity index (χ2v) is 5.79. The Morgan fingerprint density at radius 3 is 2.62 bits per heavy atom. The van der Waals surface area contributed by atoms with Crippen LogP contribution in [0.4, 0.5) is 4.79 Å². The Morgan fingerprint density at radius 1 is 1.43 bits per heavy atom.